The minimum absolute atomic E-state index is 0.195. The van der Waals surface area contributed by atoms with E-state index in [-0.39, 0.29) is 6.79 Å². The molecule has 1 aliphatic rings. The lowest BCUT2D eigenvalue weighted by atomic mass is 10.2. The molecule has 3 nitrogen and oxygen atoms in total. The van der Waals surface area contributed by atoms with Crippen molar-refractivity contribution >= 4 is 15.9 Å². The van der Waals surface area contributed by atoms with Gasteiger partial charge >= 0.3 is 0 Å². The van der Waals surface area contributed by atoms with Gasteiger partial charge in [0.05, 0.1) is 0 Å². The lowest BCUT2D eigenvalue weighted by Gasteiger charge is -1.99. The SMILES string of the molecule is N#Cc1c(Br)ccc2c1OCO2. The number of fused-ring (bicyclic) bond motifs is 1. The number of nitrogens with zero attached hydrogens (tertiary/aromatic N) is 1. The van der Waals surface area contributed by atoms with Crippen LogP contribution in [0.1, 0.15) is 5.56 Å². The summed E-state index contributed by atoms with van der Waals surface area (Å²) in [4.78, 5) is 0. The van der Waals surface area contributed by atoms with Gasteiger partial charge in [-0.25, -0.2) is 0 Å². The summed E-state index contributed by atoms with van der Waals surface area (Å²) in [7, 11) is 0. The van der Waals surface area contributed by atoms with Crippen molar-refractivity contribution in [2.24, 2.45) is 0 Å². The Labute approximate surface area is 77.6 Å². The van der Waals surface area contributed by atoms with Crippen LogP contribution in [-0.2, 0) is 0 Å². The monoisotopic (exact) mass is 225 g/mol. The van der Waals surface area contributed by atoms with E-state index in [0.717, 1.165) is 4.47 Å². The molecule has 0 amide bonds. The third-order valence-corrected chi connectivity index (χ3v) is 2.26. The van der Waals surface area contributed by atoms with E-state index >= 15 is 0 Å². The smallest absolute Gasteiger partial charge is 0.231 e. The third-order valence-electron chi connectivity index (χ3n) is 1.60. The van der Waals surface area contributed by atoms with Crippen molar-refractivity contribution in [1.82, 2.24) is 0 Å². The fourth-order valence-corrected chi connectivity index (χ4v) is 1.45. The van der Waals surface area contributed by atoms with Gasteiger partial charge in [-0.2, -0.15) is 5.26 Å². The first kappa shape index (κ1) is 7.44. The molecule has 4 heteroatoms. The second kappa shape index (κ2) is 2.68. The summed E-state index contributed by atoms with van der Waals surface area (Å²) in [5, 5.41) is 8.77. The summed E-state index contributed by atoms with van der Waals surface area (Å²) in [6.07, 6.45) is 0. The van der Waals surface area contributed by atoms with E-state index < -0.39 is 0 Å². The molecule has 0 aromatic heterocycles. The molecule has 0 saturated heterocycles. The van der Waals surface area contributed by atoms with Crippen LogP contribution in [-0.4, -0.2) is 6.79 Å². The number of hydrogen-bond donors (Lipinski definition) is 0. The molecule has 0 fully saturated rings. The van der Waals surface area contributed by atoms with Gasteiger partial charge in [0.15, 0.2) is 11.5 Å². The fraction of sp³-hybridized carbons (Fsp3) is 0.125. The van der Waals surface area contributed by atoms with Gasteiger partial charge in [-0.15, -0.1) is 0 Å². The Balaban J connectivity index is 2.67. The van der Waals surface area contributed by atoms with Gasteiger partial charge in [0, 0.05) is 4.47 Å². The highest BCUT2D eigenvalue weighted by Crippen LogP contribution is 2.38. The summed E-state index contributed by atoms with van der Waals surface area (Å²) >= 11 is 3.25. The summed E-state index contributed by atoms with van der Waals surface area (Å²) in [5.74, 6) is 1.17. The van der Waals surface area contributed by atoms with Crippen molar-refractivity contribution in [2.45, 2.75) is 0 Å². The topological polar surface area (TPSA) is 42.2 Å². The normalized spacial score (nSPS) is 12.7. The minimum Gasteiger partial charge on any atom is -0.454 e. The molecule has 1 aliphatic heterocycles. The molecule has 0 unspecified atom stereocenters. The first-order valence-electron chi connectivity index (χ1n) is 3.31. The molecule has 60 valence electrons. The van der Waals surface area contributed by atoms with Crippen molar-refractivity contribution in [1.29, 1.82) is 5.26 Å². The van der Waals surface area contributed by atoms with Gasteiger partial charge in [0.1, 0.15) is 11.6 Å². The van der Waals surface area contributed by atoms with Gasteiger partial charge in [-0.3, -0.25) is 0 Å². The molecule has 1 aromatic carbocycles. The zero-order valence-corrected chi connectivity index (χ0v) is 7.59. The molecule has 0 spiro atoms. The first-order valence-corrected chi connectivity index (χ1v) is 4.10. The molecule has 12 heavy (non-hydrogen) atoms. The van der Waals surface area contributed by atoms with Crippen LogP contribution in [0.4, 0.5) is 0 Å². The van der Waals surface area contributed by atoms with Crippen LogP contribution in [0.25, 0.3) is 0 Å². The van der Waals surface area contributed by atoms with Gasteiger partial charge in [0.2, 0.25) is 6.79 Å². The average molecular weight is 226 g/mol. The van der Waals surface area contributed by atoms with Crippen molar-refractivity contribution in [3.63, 3.8) is 0 Å². The molecule has 0 aliphatic carbocycles. The Kier molecular flexibility index (Phi) is 1.66. The number of nitriles is 1. The van der Waals surface area contributed by atoms with E-state index in [0.29, 0.717) is 17.1 Å². The van der Waals surface area contributed by atoms with Crippen LogP contribution in [0, 0.1) is 11.3 Å². The Bertz CT molecular complexity index is 370. The van der Waals surface area contributed by atoms with Crippen molar-refractivity contribution in [3.8, 4) is 17.6 Å². The van der Waals surface area contributed by atoms with Gasteiger partial charge < -0.3 is 9.47 Å². The second-order valence-corrected chi connectivity index (χ2v) is 3.12. The lowest BCUT2D eigenvalue weighted by Crippen LogP contribution is -1.93. The highest BCUT2D eigenvalue weighted by atomic mass is 79.9. The number of rotatable bonds is 0. The van der Waals surface area contributed by atoms with Crippen LogP contribution in [0.3, 0.4) is 0 Å². The second-order valence-electron chi connectivity index (χ2n) is 2.27. The minimum atomic E-state index is 0.195. The number of ether oxygens (including phenoxy) is 2. The zero-order chi connectivity index (χ0) is 8.55. The molecule has 0 N–H and O–H groups in total. The quantitative estimate of drug-likeness (QED) is 0.679. The van der Waals surface area contributed by atoms with Crippen LogP contribution in [0.5, 0.6) is 11.5 Å². The maximum atomic E-state index is 8.77. The third kappa shape index (κ3) is 0.942. The standard InChI is InChI=1S/C8H4BrNO2/c9-6-1-2-7-8(5(6)3-10)12-4-11-7/h1-2H,4H2. The fourth-order valence-electron chi connectivity index (χ4n) is 1.05. The van der Waals surface area contributed by atoms with Crippen molar-refractivity contribution in [3.05, 3.63) is 22.2 Å². The molecular formula is C8H4BrNO2. The summed E-state index contributed by atoms with van der Waals surface area (Å²) in [6, 6.07) is 5.58. The summed E-state index contributed by atoms with van der Waals surface area (Å²) in [6.45, 7) is 0.195. The number of benzene rings is 1. The molecule has 0 atom stereocenters. The van der Waals surface area contributed by atoms with E-state index in [1.807, 2.05) is 6.07 Å². The Hall–Kier alpha value is -1.21. The van der Waals surface area contributed by atoms with E-state index in [4.69, 9.17) is 14.7 Å². The molecule has 0 radical (unpaired) electrons. The van der Waals surface area contributed by atoms with Crippen LogP contribution in [0.15, 0.2) is 16.6 Å². The van der Waals surface area contributed by atoms with E-state index in [1.165, 1.54) is 0 Å². The lowest BCUT2D eigenvalue weighted by molar-refractivity contribution is 0.173. The Morgan fingerprint density at radius 1 is 1.42 bits per heavy atom. The van der Waals surface area contributed by atoms with Crippen LogP contribution >= 0.6 is 15.9 Å². The predicted octanol–water partition coefficient (Wildman–Crippen LogP) is 2.05. The maximum absolute atomic E-state index is 8.77. The number of hydrogen-bond acceptors (Lipinski definition) is 3. The van der Waals surface area contributed by atoms with Crippen LogP contribution in [0.2, 0.25) is 0 Å². The zero-order valence-electron chi connectivity index (χ0n) is 6.00. The van der Waals surface area contributed by atoms with Crippen molar-refractivity contribution < 1.29 is 9.47 Å². The van der Waals surface area contributed by atoms with Gasteiger partial charge in [-0.05, 0) is 28.1 Å². The van der Waals surface area contributed by atoms with E-state index in [2.05, 4.69) is 15.9 Å². The Morgan fingerprint density at radius 2 is 2.25 bits per heavy atom. The van der Waals surface area contributed by atoms with Gasteiger partial charge in [-0.1, -0.05) is 0 Å². The molecule has 2 rings (SSSR count). The van der Waals surface area contributed by atoms with Crippen LogP contribution < -0.4 is 9.47 Å². The predicted molar refractivity (Wildman–Crippen MR) is 45.0 cm³/mol. The van der Waals surface area contributed by atoms with E-state index in [9.17, 15) is 0 Å². The van der Waals surface area contributed by atoms with Gasteiger partial charge in [0.25, 0.3) is 0 Å². The molecule has 0 bridgehead atoms. The summed E-state index contributed by atoms with van der Waals surface area (Å²) in [5.41, 5.74) is 0.491. The molecule has 1 aromatic rings. The molecule has 0 saturated carbocycles. The maximum Gasteiger partial charge on any atom is 0.231 e. The first-order chi connectivity index (χ1) is 5.83. The molecular weight excluding hydrogens is 222 g/mol. The molecule has 1 heterocycles. The summed E-state index contributed by atoms with van der Waals surface area (Å²) < 4.78 is 11.0. The average Bonchev–Trinajstić information content (AvgIpc) is 2.52. The number of halogens is 1. The highest BCUT2D eigenvalue weighted by molar-refractivity contribution is 9.10. The largest absolute Gasteiger partial charge is 0.454 e. The van der Waals surface area contributed by atoms with E-state index in [1.54, 1.807) is 12.1 Å². The Morgan fingerprint density at radius 3 is 3.00 bits per heavy atom. The highest BCUT2D eigenvalue weighted by Gasteiger charge is 2.19. The van der Waals surface area contributed by atoms with Crippen molar-refractivity contribution in [2.75, 3.05) is 6.79 Å².